The summed E-state index contributed by atoms with van der Waals surface area (Å²) in [5.41, 5.74) is -0.207. The molecule has 0 amide bonds. The van der Waals surface area contributed by atoms with E-state index in [1.54, 1.807) is 6.92 Å². The van der Waals surface area contributed by atoms with Gasteiger partial charge >= 0.3 is 5.97 Å². The van der Waals surface area contributed by atoms with Crippen LogP contribution in [0.4, 0.5) is 4.39 Å². The van der Waals surface area contributed by atoms with Gasteiger partial charge in [-0.1, -0.05) is 11.3 Å². The van der Waals surface area contributed by atoms with Crippen molar-refractivity contribution in [3.05, 3.63) is 16.3 Å². The number of rotatable bonds is 3. The summed E-state index contributed by atoms with van der Waals surface area (Å²) < 4.78 is 16.8. The Hall–Kier alpha value is -1.30. The molecule has 0 saturated heterocycles. The van der Waals surface area contributed by atoms with E-state index in [0.717, 1.165) is 0 Å². The highest BCUT2D eigenvalue weighted by Crippen LogP contribution is 2.08. The second-order valence-corrected chi connectivity index (χ2v) is 2.84. The molecule has 0 spiro atoms. The zero-order valence-electron chi connectivity index (χ0n) is 6.74. The highest BCUT2D eigenvalue weighted by Gasteiger charge is 2.20. The number of thiazole rings is 1. The number of esters is 1. The molecular formula is C7H6FNO3S. The number of hydrogen-bond donors (Lipinski definition) is 0. The lowest BCUT2D eigenvalue weighted by Crippen LogP contribution is -2.17. The number of ketones is 1. The van der Waals surface area contributed by atoms with Crippen LogP contribution in [0, 0.1) is 5.26 Å². The van der Waals surface area contributed by atoms with E-state index in [9.17, 15) is 14.0 Å². The van der Waals surface area contributed by atoms with Crippen molar-refractivity contribution in [3.63, 3.8) is 0 Å². The molecule has 1 rings (SSSR count). The van der Waals surface area contributed by atoms with E-state index < -0.39 is 17.0 Å². The number of aromatic nitrogens is 1. The maximum Gasteiger partial charge on any atom is 0.381 e. The fourth-order valence-corrected chi connectivity index (χ4v) is 1.18. The van der Waals surface area contributed by atoms with Crippen LogP contribution in [0.15, 0.2) is 5.38 Å². The maximum absolute atomic E-state index is 12.3. The third-order valence-corrected chi connectivity index (χ3v) is 1.80. The Morgan fingerprint density at radius 2 is 2.38 bits per heavy atom. The van der Waals surface area contributed by atoms with E-state index in [0.29, 0.717) is 11.3 Å². The van der Waals surface area contributed by atoms with Gasteiger partial charge in [0.25, 0.3) is 11.0 Å². The SMILES string of the molecule is CCOC(=O)C(=O)c1csc(F)n1. The molecule has 1 heterocycles. The van der Waals surface area contributed by atoms with E-state index in [1.165, 1.54) is 5.38 Å². The van der Waals surface area contributed by atoms with Gasteiger partial charge in [0.1, 0.15) is 5.69 Å². The van der Waals surface area contributed by atoms with Crippen LogP contribution < -0.4 is 0 Å². The molecule has 1 aromatic rings. The molecule has 13 heavy (non-hydrogen) atoms. The Balaban J connectivity index is 2.73. The maximum atomic E-state index is 12.3. The van der Waals surface area contributed by atoms with E-state index in [-0.39, 0.29) is 12.3 Å². The molecule has 70 valence electrons. The Bertz CT molecular complexity index is 336. The molecule has 0 aliphatic rings. The normalized spacial score (nSPS) is 9.69. The summed E-state index contributed by atoms with van der Waals surface area (Å²) in [4.78, 5) is 25.1. The monoisotopic (exact) mass is 203 g/mol. The van der Waals surface area contributed by atoms with E-state index in [2.05, 4.69) is 9.72 Å². The second-order valence-electron chi connectivity index (χ2n) is 2.04. The first-order chi connectivity index (χ1) is 6.15. The minimum absolute atomic E-state index is 0.108. The van der Waals surface area contributed by atoms with E-state index in [1.807, 2.05) is 0 Å². The summed E-state index contributed by atoms with van der Waals surface area (Å²) in [7, 11) is 0. The largest absolute Gasteiger partial charge is 0.460 e. The van der Waals surface area contributed by atoms with Gasteiger partial charge in [0.2, 0.25) is 0 Å². The van der Waals surface area contributed by atoms with Gasteiger partial charge in [-0.15, -0.1) is 0 Å². The molecule has 0 aliphatic heterocycles. The molecule has 0 N–H and O–H groups in total. The number of carbonyl (C=O) groups excluding carboxylic acids is 2. The summed E-state index contributed by atoms with van der Waals surface area (Å²) in [6.45, 7) is 1.68. The van der Waals surface area contributed by atoms with Gasteiger partial charge < -0.3 is 4.74 Å². The topological polar surface area (TPSA) is 56.3 Å². The van der Waals surface area contributed by atoms with Crippen molar-refractivity contribution in [2.75, 3.05) is 6.61 Å². The lowest BCUT2D eigenvalue weighted by atomic mass is 10.3. The Morgan fingerprint density at radius 3 is 2.85 bits per heavy atom. The fraction of sp³-hybridized carbons (Fsp3) is 0.286. The van der Waals surface area contributed by atoms with Crippen molar-refractivity contribution in [2.24, 2.45) is 0 Å². The van der Waals surface area contributed by atoms with Crippen LogP contribution in [0.5, 0.6) is 0 Å². The first kappa shape index (κ1) is 9.79. The highest BCUT2D eigenvalue weighted by molar-refractivity contribution is 7.08. The van der Waals surface area contributed by atoms with Crippen LogP contribution in [0.2, 0.25) is 0 Å². The summed E-state index contributed by atoms with van der Waals surface area (Å²) in [6.07, 6.45) is 0. The number of hydrogen-bond acceptors (Lipinski definition) is 5. The molecular weight excluding hydrogens is 197 g/mol. The van der Waals surface area contributed by atoms with Crippen molar-refractivity contribution in [1.29, 1.82) is 0 Å². The van der Waals surface area contributed by atoms with Crippen LogP contribution in [-0.2, 0) is 9.53 Å². The molecule has 0 aliphatic carbocycles. The van der Waals surface area contributed by atoms with Crippen molar-refractivity contribution < 1.29 is 18.7 Å². The Morgan fingerprint density at radius 1 is 1.69 bits per heavy atom. The first-order valence-corrected chi connectivity index (χ1v) is 4.35. The lowest BCUT2D eigenvalue weighted by molar-refractivity contribution is -0.137. The highest BCUT2D eigenvalue weighted by atomic mass is 32.1. The third kappa shape index (κ3) is 2.32. The molecule has 0 aromatic carbocycles. The van der Waals surface area contributed by atoms with Crippen LogP contribution in [0.25, 0.3) is 0 Å². The number of ether oxygens (including phenoxy) is 1. The zero-order valence-corrected chi connectivity index (χ0v) is 7.56. The molecule has 0 atom stereocenters. The Labute approximate surface area is 77.4 Å². The van der Waals surface area contributed by atoms with Gasteiger partial charge in [0, 0.05) is 5.38 Å². The Kier molecular flexibility index (Phi) is 3.07. The summed E-state index contributed by atoms with van der Waals surface area (Å²) >= 11 is 0.662. The van der Waals surface area contributed by atoms with Crippen LogP contribution in [-0.4, -0.2) is 23.3 Å². The van der Waals surface area contributed by atoms with E-state index in [4.69, 9.17) is 0 Å². The number of halogens is 1. The van der Waals surface area contributed by atoms with Crippen LogP contribution >= 0.6 is 11.3 Å². The van der Waals surface area contributed by atoms with Gasteiger partial charge in [-0.3, -0.25) is 4.79 Å². The van der Waals surface area contributed by atoms with Gasteiger partial charge in [-0.25, -0.2) is 9.78 Å². The molecule has 0 unspecified atom stereocenters. The molecule has 0 saturated carbocycles. The predicted molar refractivity (Wildman–Crippen MR) is 43.0 cm³/mol. The number of nitrogens with zero attached hydrogens (tertiary/aromatic N) is 1. The fourth-order valence-electron chi connectivity index (χ4n) is 0.657. The number of carbonyl (C=O) groups is 2. The third-order valence-electron chi connectivity index (χ3n) is 1.17. The molecule has 0 radical (unpaired) electrons. The van der Waals surface area contributed by atoms with Crippen molar-refractivity contribution in [1.82, 2.24) is 4.98 Å². The van der Waals surface area contributed by atoms with E-state index >= 15 is 0 Å². The van der Waals surface area contributed by atoms with Crippen molar-refractivity contribution >= 4 is 23.1 Å². The average Bonchev–Trinajstić information content (AvgIpc) is 2.51. The first-order valence-electron chi connectivity index (χ1n) is 3.47. The van der Waals surface area contributed by atoms with Crippen molar-refractivity contribution in [2.45, 2.75) is 6.92 Å². The average molecular weight is 203 g/mol. The summed E-state index contributed by atoms with van der Waals surface area (Å²) in [5.74, 6) is -1.92. The smallest absolute Gasteiger partial charge is 0.381 e. The van der Waals surface area contributed by atoms with Crippen molar-refractivity contribution in [3.8, 4) is 0 Å². The molecule has 4 nitrogen and oxygen atoms in total. The van der Waals surface area contributed by atoms with Gasteiger partial charge in [-0.2, -0.15) is 4.39 Å². The standard InChI is InChI=1S/C7H6FNO3S/c1-2-12-6(11)5(10)4-3-13-7(8)9-4/h3H,2H2,1H3. The molecule has 0 fully saturated rings. The van der Waals surface area contributed by atoms with Gasteiger partial charge in [-0.05, 0) is 6.92 Å². The van der Waals surface area contributed by atoms with Crippen LogP contribution in [0.3, 0.4) is 0 Å². The quantitative estimate of drug-likeness (QED) is 0.418. The zero-order chi connectivity index (χ0) is 9.84. The minimum Gasteiger partial charge on any atom is -0.460 e. The summed E-state index contributed by atoms with van der Waals surface area (Å²) in [6, 6.07) is 0. The minimum atomic E-state index is -1.01. The summed E-state index contributed by atoms with van der Waals surface area (Å²) in [5, 5.41) is 0.432. The van der Waals surface area contributed by atoms with Crippen LogP contribution in [0.1, 0.15) is 17.4 Å². The molecule has 6 heteroatoms. The lowest BCUT2D eigenvalue weighted by Gasteiger charge is -1.96. The second kappa shape index (κ2) is 4.08. The predicted octanol–water partition coefficient (Wildman–Crippen LogP) is 1.03. The molecule has 1 aromatic heterocycles. The molecule has 0 bridgehead atoms. The number of Topliss-reactive ketones (excluding diaryl/α,β-unsaturated/α-hetero) is 1. The van der Waals surface area contributed by atoms with Gasteiger partial charge in [0.05, 0.1) is 6.61 Å². The van der Waals surface area contributed by atoms with Gasteiger partial charge in [0.15, 0.2) is 0 Å².